The number of rotatable bonds is 11. The van der Waals surface area contributed by atoms with Crippen molar-refractivity contribution in [2.45, 2.75) is 63.8 Å². The third-order valence-electron chi connectivity index (χ3n) is 9.29. The van der Waals surface area contributed by atoms with Crippen LogP contribution >= 0.6 is 0 Å². The number of benzene rings is 3. The van der Waals surface area contributed by atoms with E-state index in [9.17, 15) is 0 Å². The first-order valence-electron chi connectivity index (χ1n) is 15.7. The highest BCUT2D eigenvalue weighted by Gasteiger charge is 2.41. The molecule has 220 valence electrons. The predicted octanol–water partition coefficient (Wildman–Crippen LogP) is 8.04. The van der Waals surface area contributed by atoms with Crippen molar-refractivity contribution in [3.63, 3.8) is 0 Å². The van der Waals surface area contributed by atoms with Gasteiger partial charge in [-0.1, -0.05) is 37.1 Å². The minimum absolute atomic E-state index is 0.279. The van der Waals surface area contributed by atoms with E-state index >= 15 is 0 Å². The minimum atomic E-state index is 0.279. The molecule has 0 aromatic heterocycles. The first kappa shape index (κ1) is 27.1. The molecule has 4 aliphatic rings. The molecule has 1 saturated carbocycles. The molecule has 6 nitrogen and oxygen atoms in total. The zero-order chi connectivity index (χ0) is 28.3. The molecule has 0 bridgehead atoms. The Labute approximate surface area is 249 Å². The van der Waals surface area contributed by atoms with Gasteiger partial charge in [-0.05, 0) is 98.4 Å². The van der Waals surface area contributed by atoms with Crippen LogP contribution in [0.2, 0.25) is 0 Å². The van der Waals surface area contributed by atoms with Crippen molar-refractivity contribution in [2.24, 2.45) is 5.92 Å². The van der Waals surface area contributed by atoms with Crippen LogP contribution in [-0.4, -0.2) is 38.6 Å². The normalized spacial score (nSPS) is 18.6. The highest BCUT2D eigenvalue weighted by molar-refractivity contribution is 5.88. The lowest BCUT2D eigenvalue weighted by molar-refractivity contribution is 0.174. The van der Waals surface area contributed by atoms with Crippen LogP contribution < -0.4 is 23.7 Å². The molecule has 0 radical (unpaired) electrons. The summed E-state index contributed by atoms with van der Waals surface area (Å²) in [6.45, 7) is 2.73. The molecule has 0 N–H and O–H groups in total. The van der Waals surface area contributed by atoms with Crippen molar-refractivity contribution in [1.29, 1.82) is 0 Å². The summed E-state index contributed by atoms with van der Waals surface area (Å²) in [5, 5.41) is 0. The number of nitrogens with zero attached hydrogens (tertiary/aromatic N) is 1. The largest absolute Gasteiger partial charge is 0.494 e. The van der Waals surface area contributed by atoms with Gasteiger partial charge in [0.25, 0.3) is 0 Å². The number of para-hydroxylation sites is 1. The lowest BCUT2D eigenvalue weighted by Gasteiger charge is -2.46. The Morgan fingerprint density at radius 1 is 0.857 bits per heavy atom. The third kappa shape index (κ3) is 5.28. The van der Waals surface area contributed by atoms with Gasteiger partial charge in [-0.2, -0.15) is 0 Å². The fraction of sp³-hybridized carbons (Fsp3) is 0.444. The quantitative estimate of drug-likeness (QED) is 0.219. The average molecular weight is 568 g/mol. The fourth-order valence-electron chi connectivity index (χ4n) is 7.24. The van der Waals surface area contributed by atoms with E-state index in [1.165, 1.54) is 53.6 Å². The van der Waals surface area contributed by atoms with E-state index in [1.807, 2.05) is 30.3 Å². The Bertz CT molecular complexity index is 1430. The van der Waals surface area contributed by atoms with E-state index in [2.05, 4.69) is 35.2 Å². The van der Waals surface area contributed by atoms with Gasteiger partial charge >= 0.3 is 0 Å². The topological polar surface area (TPSA) is 49.4 Å². The van der Waals surface area contributed by atoms with Gasteiger partial charge in [0.15, 0.2) is 23.0 Å². The number of hydrogen-bond acceptors (Lipinski definition) is 6. The molecule has 1 fully saturated rings. The molecule has 1 aliphatic carbocycles. The Hall–Kier alpha value is -3.80. The Morgan fingerprint density at radius 2 is 1.62 bits per heavy atom. The highest BCUT2D eigenvalue weighted by Crippen LogP contribution is 2.54. The lowest BCUT2D eigenvalue weighted by atomic mass is 9.80. The van der Waals surface area contributed by atoms with Gasteiger partial charge < -0.3 is 28.6 Å². The molecule has 0 saturated heterocycles. The van der Waals surface area contributed by atoms with Gasteiger partial charge in [0.05, 0.1) is 26.4 Å². The van der Waals surface area contributed by atoms with Gasteiger partial charge in [-0.15, -0.1) is 0 Å². The second-order valence-corrected chi connectivity index (χ2v) is 11.8. The summed E-state index contributed by atoms with van der Waals surface area (Å²) in [5.74, 6) is 5.04. The number of methoxy groups -OCH3 is 1. The van der Waals surface area contributed by atoms with E-state index in [1.54, 1.807) is 7.11 Å². The van der Waals surface area contributed by atoms with Crippen molar-refractivity contribution in [3.8, 4) is 28.7 Å². The van der Waals surface area contributed by atoms with Crippen molar-refractivity contribution >= 4 is 11.8 Å². The zero-order valence-electron chi connectivity index (χ0n) is 24.6. The van der Waals surface area contributed by atoms with Crippen LogP contribution in [0, 0.1) is 5.92 Å². The maximum atomic E-state index is 6.65. The molecule has 3 aromatic carbocycles. The maximum Gasteiger partial charge on any atom is 0.231 e. The van der Waals surface area contributed by atoms with Crippen molar-refractivity contribution in [1.82, 2.24) is 4.90 Å². The zero-order valence-corrected chi connectivity index (χ0v) is 24.6. The summed E-state index contributed by atoms with van der Waals surface area (Å²) >= 11 is 0. The summed E-state index contributed by atoms with van der Waals surface area (Å²) < 4.78 is 29.9. The van der Waals surface area contributed by atoms with E-state index in [-0.39, 0.29) is 6.04 Å². The average Bonchev–Trinajstić information content (AvgIpc) is 3.73. The molecular weight excluding hydrogens is 526 g/mol. The van der Waals surface area contributed by atoms with Crippen LogP contribution in [-0.2, 0) is 6.42 Å². The van der Waals surface area contributed by atoms with Crippen LogP contribution in [0.5, 0.6) is 28.7 Å². The maximum absolute atomic E-state index is 6.65. The minimum Gasteiger partial charge on any atom is -0.494 e. The van der Waals surface area contributed by atoms with Crippen molar-refractivity contribution < 1.29 is 23.7 Å². The Morgan fingerprint density at radius 3 is 2.40 bits per heavy atom. The molecule has 6 heteroatoms. The number of fused-ring (bicyclic) bond motifs is 5. The summed E-state index contributed by atoms with van der Waals surface area (Å²) in [4.78, 5) is 2.65. The fourth-order valence-corrected chi connectivity index (χ4v) is 7.24. The SMILES string of the molecule is COc1ccc2c(c1OCCCCCCOc1ccccc1)C(C1CCCC1)N1CCc3cc4c(cc3C1=C2)OCO4. The Balaban J connectivity index is 1.10. The van der Waals surface area contributed by atoms with E-state index in [0.717, 1.165) is 74.0 Å². The first-order chi connectivity index (χ1) is 20.8. The Kier molecular flexibility index (Phi) is 7.86. The molecule has 0 spiro atoms. The summed E-state index contributed by atoms with van der Waals surface area (Å²) in [5.41, 5.74) is 6.47. The number of unbranched alkanes of at least 4 members (excludes halogenated alkanes) is 3. The van der Waals surface area contributed by atoms with Crippen LogP contribution in [0.15, 0.2) is 54.6 Å². The van der Waals surface area contributed by atoms with Gasteiger partial charge in [-0.25, -0.2) is 0 Å². The molecule has 1 unspecified atom stereocenters. The molecule has 3 aromatic rings. The van der Waals surface area contributed by atoms with Crippen LogP contribution in [0.25, 0.3) is 11.8 Å². The molecule has 42 heavy (non-hydrogen) atoms. The first-order valence-corrected chi connectivity index (χ1v) is 15.7. The molecule has 3 aliphatic heterocycles. The summed E-state index contributed by atoms with van der Waals surface area (Å²) in [6, 6.07) is 19.0. The monoisotopic (exact) mass is 567 g/mol. The highest BCUT2D eigenvalue weighted by atomic mass is 16.7. The summed E-state index contributed by atoms with van der Waals surface area (Å²) in [6.07, 6.45) is 12.8. The van der Waals surface area contributed by atoms with Gasteiger partial charge in [0, 0.05) is 23.4 Å². The molecule has 0 amide bonds. The smallest absolute Gasteiger partial charge is 0.231 e. The summed E-state index contributed by atoms with van der Waals surface area (Å²) in [7, 11) is 1.76. The molecule has 7 rings (SSSR count). The van der Waals surface area contributed by atoms with Gasteiger partial charge in [-0.3, -0.25) is 0 Å². The van der Waals surface area contributed by atoms with Crippen LogP contribution in [0.4, 0.5) is 0 Å². The van der Waals surface area contributed by atoms with Crippen LogP contribution in [0.3, 0.4) is 0 Å². The molecule has 1 atom stereocenters. The number of hydrogen-bond donors (Lipinski definition) is 0. The third-order valence-corrected chi connectivity index (χ3v) is 9.29. The van der Waals surface area contributed by atoms with E-state index in [4.69, 9.17) is 23.7 Å². The second-order valence-electron chi connectivity index (χ2n) is 11.8. The van der Waals surface area contributed by atoms with Crippen molar-refractivity contribution in [3.05, 3.63) is 76.9 Å². The predicted molar refractivity (Wildman–Crippen MR) is 164 cm³/mol. The van der Waals surface area contributed by atoms with E-state index in [0.29, 0.717) is 19.3 Å². The van der Waals surface area contributed by atoms with Crippen LogP contribution in [0.1, 0.15) is 79.7 Å². The second kappa shape index (κ2) is 12.2. The van der Waals surface area contributed by atoms with Crippen molar-refractivity contribution in [2.75, 3.05) is 33.7 Å². The van der Waals surface area contributed by atoms with Gasteiger partial charge in [0.1, 0.15) is 5.75 Å². The molecular formula is C36H41NO5. The van der Waals surface area contributed by atoms with E-state index < -0.39 is 0 Å². The van der Waals surface area contributed by atoms with Gasteiger partial charge in [0.2, 0.25) is 6.79 Å². The standard InChI is InChI=1S/C36H41NO5/c1-38-31-16-15-27-21-30-29-23-33-32(41-24-42-33)22-26(29)17-18-37(30)35(25-11-7-8-12-25)34(27)36(31)40-20-10-3-2-9-19-39-28-13-5-4-6-14-28/h4-6,13-16,21-23,25,35H,2-3,7-12,17-20,24H2,1H3. The molecule has 3 heterocycles. The lowest BCUT2D eigenvalue weighted by Crippen LogP contribution is -2.38. The number of ether oxygens (including phenoxy) is 5.